The monoisotopic (exact) mass is 961 g/mol. The molecule has 1 aliphatic carbocycles. The minimum atomic E-state index is -4.63. The summed E-state index contributed by atoms with van der Waals surface area (Å²) in [5.41, 5.74) is 0.402. The number of aromatic nitrogens is 4. The van der Waals surface area contributed by atoms with Crippen LogP contribution in [0.4, 0.5) is 18.9 Å². The van der Waals surface area contributed by atoms with Crippen LogP contribution in [0.5, 0.6) is 11.6 Å². The number of anilines is 1. The number of rotatable bonds is 10. The predicted molar refractivity (Wildman–Crippen MR) is 196 cm³/mol. The average Bonchev–Trinajstić information content (AvgIpc) is 3.57. The van der Waals surface area contributed by atoms with Gasteiger partial charge in [0.1, 0.15) is 11.1 Å². The number of hydrogen-bond donors (Lipinski definition) is 2. The summed E-state index contributed by atoms with van der Waals surface area (Å²) >= 11 is 17.2. The second-order valence-corrected chi connectivity index (χ2v) is 16.9. The molecule has 3 heterocycles. The largest absolute Gasteiger partial charge is 0.206 e. The van der Waals surface area contributed by atoms with Gasteiger partial charge in [-0.15, -0.1) is 0 Å². The topological polar surface area (TPSA) is 97.6 Å². The molecular weight excluding hydrogens is 931 g/mol. The van der Waals surface area contributed by atoms with Gasteiger partial charge in [-0.05, 0) is 42.5 Å². The van der Waals surface area contributed by atoms with E-state index in [1.165, 1.54) is 24.3 Å². The normalized spacial score (nSPS) is 19.5. The molecule has 17 heteroatoms. The van der Waals surface area contributed by atoms with Crippen LogP contribution in [0.15, 0.2) is 66.9 Å². The molecule has 7 rings (SSSR count). The Morgan fingerprint density at radius 1 is 1.04 bits per heavy atom. The number of amides is 1. The SMILES string of the molecule is Cn1cc2c(Oc3ccc(Cl)c(C(=O)Nc4ccc(CN5CCN(C6[CH]([Tl])C6COS)CC5)c(C(F)(F)F)c4)c3)nc(-c3ccc(Cl)cc3)nc2n1. The molecule has 2 aromatic heterocycles. The molecule has 2 fully saturated rings. The first-order chi connectivity index (χ1) is 24.9. The van der Waals surface area contributed by atoms with Crippen molar-refractivity contribution in [2.24, 2.45) is 13.0 Å². The fourth-order valence-corrected chi connectivity index (χ4v) is 9.93. The Morgan fingerprint density at radius 2 is 1.79 bits per heavy atom. The van der Waals surface area contributed by atoms with Gasteiger partial charge in [0.25, 0.3) is 5.91 Å². The molecule has 0 bridgehead atoms. The first-order valence-electron chi connectivity index (χ1n) is 16.3. The molecule has 1 amide bonds. The number of carbonyl (C=O) groups is 1. The van der Waals surface area contributed by atoms with Crippen molar-refractivity contribution in [2.75, 3.05) is 38.1 Å². The van der Waals surface area contributed by atoms with Crippen LogP contribution >= 0.6 is 36.1 Å². The van der Waals surface area contributed by atoms with Gasteiger partial charge >= 0.3 is 167 Å². The van der Waals surface area contributed by atoms with Crippen LogP contribution in [0.25, 0.3) is 22.4 Å². The molecule has 5 aromatic rings. The first kappa shape index (κ1) is 37.3. The van der Waals surface area contributed by atoms with E-state index in [0.717, 1.165) is 44.9 Å². The van der Waals surface area contributed by atoms with Gasteiger partial charge in [-0.1, -0.05) is 23.2 Å². The molecule has 1 saturated carbocycles. The Labute approximate surface area is 328 Å². The second kappa shape index (κ2) is 15.4. The van der Waals surface area contributed by atoms with Crippen molar-refractivity contribution < 1.29 is 26.9 Å². The summed E-state index contributed by atoms with van der Waals surface area (Å²) in [6.07, 6.45) is -2.92. The number of carbonyl (C=O) groups excluding carboxylic acids is 1. The van der Waals surface area contributed by atoms with Gasteiger partial charge in [0.2, 0.25) is 5.88 Å². The molecule has 0 spiro atoms. The number of ether oxygens (including phenoxy) is 1. The number of nitrogens with one attached hydrogen (secondary N) is 1. The fourth-order valence-electron chi connectivity index (χ4n) is 6.56. The van der Waals surface area contributed by atoms with Crippen molar-refractivity contribution in [3.05, 3.63) is 93.6 Å². The van der Waals surface area contributed by atoms with E-state index < -0.39 is 17.6 Å². The molecule has 10 nitrogen and oxygen atoms in total. The van der Waals surface area contributed by atoms with Crippen LogP contribution in [-0.4, -0.2) is 100 Å². The minimum absolute atomic E-state index is 0.000404. The maximum Gasteiger partial charge on any atom is 0.188 e. The van der Waals surface area contributed by atoms with Crippen molar-refractivity contribution in [3.8, 4) is 23.0 Å². The van der Waals surface area contributed by atoms with E-state index in [9.17, 15) is 18.0 Å². The van der Waals surface area contributed by atoms with Crippen LogP contribution in [0.1, 0.15) is 21.5 Å². The summed E-state index contributed by atoms with van der Waals surface area (Å²) in [6, 6.07) is 15.8. The number of fused-ring (bicyclic) bond motifs is 1. The Kier molecular flexibility index (Phi) is 11.0. The van der Waals surface area contributed by atoms with Crippen LogP contribution in [0.3, 0.4) is 0 Å². The second-order valence-electron chi connectivity index (χ2n) is 12.8. The maximum atomic E-state index is 14.4. The summed E-state index contributed by atoms with van der Waals surface area (Å²) in [6.45, 7) is 3.70. The van der Waals surface area contributed by atoms with E-state index in [1.54, 1.807) is 48.3 Å². The average molecular weight is 962 g/mol. The molecule has 3 atom stereocenters. The molecule has 2 aliphatic rings. The zero-order valence-corrected chi connectivity index (χ0v) is 34.5. The standard InChI is InChI=1S/C35H31Cl2F3N7O3S.Tl/c1-45-18-27-32(44-45)42-31(20-2-5-23(36)6-3-20)43-34(27)50-25-8-9-29(37)26(16-25)33(48)41-24-7-4-21(28(15-24)35(38,39)40)17-46-10-12-47(13-11-46)30-14-22(30)19-49-51;/h2-9,14-16,18,22,30,51H,10-13,17,19H2,1H3,(H,41,48);. The number of nitrogens with zero attached hydrogens (tertiary/aromatic N) is 6. The molecule has 1 N–H and O–H groups in total. The number of alkyl halides is 3. The molecule has 3 aromatic carbocycles. The summed E-state index contributed by atoms with van der Waals surface area (Å²) in [7, 11) is 1.74. The van der Waals surface area contributed by atoms with E-state index in [2.05, 4.69) is 38.2 Å². The van der Waals surface area contributed by atoms with E-state index >= 15 is 0 Å². The van der Waals surface area contributed by atoms with Gasteiger partial charge in [-0.25, -0.2) is 4.98 Å². The van der Waals surface area contributed by atoms with Crippen LogP contribution < -0.4 is 10.1 Å². The van der Waals surface area contributed by atoms with Crippen molar-refractivity contribution in [2.45, 2.75) is 22.2 Å². The van der Waals surface area contributed by atoms with Crippen molar-refractivity contribution in [3.63, 3.8) is 0 Å². The maximum absolute atomic E-state index is 14.4. The third-order valence-electron chi connectivity index (χ3n) is 9.31. The Morgan fingerprint density at radius 3 is 2.50 bits per heavy atom. The van der Waals surface area contributed by atoms with Gasteiger partial charge in [-0.2, -0.15) is 10.1 Å². The molecule has 1 aliphatic heterocycles. The molecular formula is C35H31Cl2F3N7O3STl. The smallest absolute Gasteiger partial charge is 0.188 e. The van der Waals surface area contributed by atoms with Gasteiger partial charge < -0.3 is 4.74 Å². The summed E-state index contributed by atoms with van der Waals surface area (Å²) < 4.78 is 56.5. The molecule has 268 valence electrons. The van der Waals surface area contributed by atoms with Crippen LogP contribution in [0, 0.1) is 5.92 Å². The summed E-state index contributed by atoms with van der Waals surface area (Å²) in [5, 5.41) is 8.14. The zero-order chi connectivity index (χ0) is 36.7. The first-order valence-corrected chi connectivity index (χ1v) is 20.0. The molecule has 1 saturated heterocycles. The number of halogens is 5. The van der Waals surface area contributed by atoms with Gasteiger partial charge in [0.15, 0.2) is 11.5 Å². The summed E-state index contributed by atoms with van der Waals surface area (Å²) in [4.78, 5) is 27.1. The number of aryl methyl sites for hydroxylation is 1. The predicted octanol–water partition coefficient (Wildman–Crippen LogP) is 7.33. The number of benzene rings is 3. The molecule has 3 unspecified atom stereocenters. The van der Waals surface area contributed by atoms with E-state index in [0.29, 0.717) is 62.6 Å². The van der Waals surface area contributed by atoms with Gasteiger partial charge in [0, 0.05) is 23.8 Å². The Bertz CT molecular complexity index is 2120. The quantitative estimate of drug-likeness (QED) is 0.0854. The number of hydrogen-bond acceptors (Lipinski definition) is 9. The Balaban J connectivity index is 1.07. The molecule has 0 radical (unpaired) electrons. The van der Waals surface area contributed by atoms with Crippen molar-refractivity contribution >= 4 is 84.5 Å². The van der Waals surface area contributed by atoms with E-state index in [-0.39, 0.29) is 40.0 Å². The van der Waals surface area contributed by atoms with Gasteiger partial charge in [-0.3, -0.25) is 9.48 Å². The fraction of sp³-hybridized carbons (Fsp3) is 0.314. The van der Waals surface area contributed by atoms with Crippen LogP contribution in [0.2, 0.25) is 13.5 Å². The van der Waals surface area contributed by atoms with Crippen LogP contribution in [-0.2, 0) is 24.0 Å². The van der Waals surface area contributed by atoms with Crippen molar-refractivity contribution in [1.29, 1.82) is 0 Å². The van der Waals surface area contributed by atoms with E-state index in [1.807, 2.05) is 4.90 Å². The number of thiol groups is 1. The van der Waals surface area contributed by atoms with Crippen molar-refractivity contribution in [1.82, 2.24) is 29.5 Å². The zero-order valence-electron chi connectivity index (χ0n) is 27.6. The Hall–Kier alpha value is -3.00. The molecule has 52 heavy (non-hydrogen) atoms. The minimum Gasteiger partial charge on any atom is -0.206 e. The van der Waals surface area contributed by atoms with E-state index in [4.69, 9.17) is 32.1 Å². The number of piperazine rings is 1. The van der Waals surface area contributed by atoms with Gasteiger partial charge in [0.05, 0.1) is 10.6 Å². The summed E-state index contributed by atoms with van der Waals surface area (Å²) in [5.74, 6) is 0.544. The third kappa shape index (κ3) is 8.22. The third-order valence-corrected chi connectivity index (χ3v) is 13.5.